The van der Waals surface area contributed by atoms with E-state index in [1.54, 1.807) is 0 Å². The Hall–Kier alpha value is 0.140. The number of carbonyl (C=O) groups excluding carboxylic acids is 1. The minimum atomic E-state index is -1.51. The Kier molecular flexibility index (Phi) is 3.40. The highest BCUT2D eigenvalue weighted by molar-refractivity contribution is 6.51. The first-order valence-electron chi connectivity index (χ1n) is 1.95. The van der Waals surface area contributed by atoms with E-state index in [9.17, 15) is 4.79 Å². The molecule has 0 saturated carbocycles. The van der Waals surface area contributed by atoms with Gasteiger partial charge in [-0.2, -0.15) is 0 Å². The fraction of sp³-hybridized carbons (Fsp3) is 0.667. The first-order valence-corrected chi connectivity index (χ1v) is 3.24. The molecule has 0 rings (SSSR count). The highest BCUT2D eigenvalue weighted by Crippen LogP contribution is 2.17. The van der Waals surface area contributed by atoms with Crippen molar-refractivity contribution in [1.29, 1.82) is 0 Å². The summed E-state index contributed by atoms with van der Waals surface area (Å²) in [7, 11) is 0. The standard InChI is InChI=1S/C3H4Cl3N2O/c4-1-3(5,6)8-2(7)9/h7H,1H2,(H,8,9). The Labute approximate surface area is 67.4 Å². The van der Waals surface area contributed by atoms with E-state index in [1.165, 1.54) is 0 Å². The summed E-state index contributed by atoms with van der Waals surface area (Å²) in [6, 6.07) is -1.05. The molecule has 53 valence electrons. The van der Waals surface area contributed by atoms with Crippen LogP contribution >= 0.6 is 34.8 Å². The van der Waals surface area contributed by atoms with E-state index in [1.807, 2.05) is 5.32 Å². The molecule has 0 aromatic heterocycles. The minimum Gasteiger partial charge on any atom is -0.304 e. The molecule has 0 aliphatic heterocycles. The Morgan fingerprint density at radius 1 is 1.67 bits per heavy atom. The van der Waals surface area contributed by atoms with Crippen molar-refractivity contribution >= 4 is 40.8 Å². The van der Waals surface area contributed by atoms with Gasteiger partial charge in [0.2, 0.25) is 4.46 Å². The van der Waals surface area contributed by atoms with E-state index in [0.717, 1.165) is 0 Å². The lowest BCUT2D eigenvalue weighted by Crippen LogP contribution is -2.40. The second kappa shape index (κ2) is 3.34. The van der Waals surface area contributed by atoms with Crippen LogP contribution in [0.3, 0.4) is 0 Å². The van der Waals surface area contributed by atoms with Gasteiger partial charge >= 0.3 is 6.03 Å². The van der Waals surface area contributed by atoms with Crippen LogP contribution < -0.4 is 11.1 Å². The molecule has 0 heterocycles. The second-order valence-corrected chi connectivity index (χ2v) is 3.04. The van der Waals surface area contributed by atoms with Gasteiger partial charge in [0.25, 0.3) is 0 Å². The van der Waals surface area contributed by atoms with Gasteiger partial charge in [0.15, 0.2) is 0 Å². The first kappa shape index (κ1) is 9.14. The van der Waals surface area contributed by atoms with Crippen molar-refractivity contribution in [2.24, 2.45) is 0 Å². The first-order chi connectivity index (χ1) is 3.98. The lowest BCUT2D eigenvalue weighted by Gasteiger charge is -2.14. The van der Waals surface area contributed by atoms with E-state index < -0.39 is 10.5 Å². The topological polar surface area (TPSA) is 52.9 Å². The predicted molar refractivity (Wildman–Crippen MR) is 36.8 cm³/mol. The summed E-state index contributed by atoms with van der Waals surface area (Å²) in [4.78, 5) is 9.95. The van der Waals surface area contributed by atoms with Gasteiger partial charge in [0.1, 0.15) is 0 Å². The number of alkyl halides is 3. The van der Waals surface area contributed by atoms with Crippen LogP contribution in [0.5, 0.6) is 0 Å². The van der Waals surface area contributed by atoms with E-state index in [0.29, 0.717) is 0 Å². The molecule has 0 fully saturated rings. The molecular formula is C3H4Cl3N2O. The second-order valence-electron chi connectivity index (χ2n) is 1.29. The van der Waals surface area contributed by atoms with Crippen LogP contribution in [0.1, 0.15) is 0 Å². The molecule has 0 bridgehead atoms. The van der Waals surface area contributed by atoms with Gasteiger partial charge < -0.3 is 5.32 Å². The highest BCUT2D eigenvalue weighted by atomic mass is 35.5. The normalized spacial score (nSPS) is 11.0. The molecule has 6 heteroatoms. The molecule has 0 atom stereocenters. The zero-order chi connectivity index (χ0) is 7.49. The molecule has 0 saturated heterocycles. The van der Waals surface area contributed by atoms with Crippen molar-refractivity contribution < 1.29 is 4.79 Å². The maximum atomic E-state index is 9.95. The van der Waals surface area contributed by atoms with E-state index in [4.69, 9.17) is 40.5 Å². The number of hydrogen-bond acceptors (Lipinski definition) is 1. The van der Waals surface area contributed by atoms with Crippen LogP contribution in [0.15, 0.2) is 0 Å². The van der Waals surface area contributed by atoms with Crippen LogP contribution in [0, 0.1) is 0 Å². The maximum absolute atomic E-state index is 9.95. The molecular weight excluding hydrogens is 186 g/mol. The summed E-state index contributed by atoms with van der Waals surface area (Å²) >= 11 is 15.8. The molecule has 3 nitrogen and oxygen atoms in total. The summed E-state index contributed by atoms with van der Waals surface area (Å²) in [5, 5.41) is 1.90. The molecule has 0 aromatic rings. The average molecular weight is 190 g/mol. The van der Waals surface area contributed by atoms with Gasteiger partial charge in [-0.1, -0.05) is 23.2 Å². The molecule has 0 unspecified atom stereocenters. The number of hydrogen-bond donors (Lipinski definition) is 1. The molecule has 0 spiro atoms. The Morgan fingerprint density at radius 2 is 2.11 bits per heavy atom. The maximum Gasteiger partial charge on any atom is 0.335 e. The van der Waals surface area contributed by atoms with E-state index in [-0.39, 0.29) is 5.88 Å². The number of rotatable bonds is 2. The number of halogens is 3. The third-order valence-electron chi connectivity index (χ3n) is 0.464. The van der Waals surface area contributed by atoms with Crippen molar-refractivity contribution in [3.8, 4) is 0 Å². The van der Waals surface area contributed by atoms with Gasteiger partial charge in [-0.25, -0.2) is 10.5 Å². The van der Waals surface area contributed by atoms with Crippen molar-refractivity contribution in [3.05, 3.63) is 0 Å². The fourth-order valence-electron chi connectivity index (χ4n) is 0.200. The number of carbonyl (C=O) groups is 1. The van der Waals surface area contributed by atoms with Gasteiger partial charge in [0.05, 0.1) is 5.88 Å². The van der Waals surface area contributed by atoms with Crippen LogP contribution in [0.4, 0.5) is 4.79 Å². The van der Waals surface area contributed by atoms with Crippen molar-refractivity contribution in [3.63, 3.8) is 0 Å². The average Bonchev–Trinajstić information content (AvgIpc) is 1.63. The zero-order valence-corrected chi connectivity index (χ0v) is 6.52. The summed E-state index contributed by atoms with van der Waals surface area (Å²) in [6.45, 7) is 0. The van der Waals surface area contributed by atoms with Gasteiger partial charge in [-0.3, -0.25) is 0 Å². The lowest BCUT2D eigenvalue weighted by atomic mass is 10.7. The largest absolute Gasteiger partial charge is 0.335 e. The molecule has 0 aromatic carbocycles. The molecule has 9 heavy (non-hydrogen) atoms. The highest BCUT2D eigenvalue weighted by Gasteiger charge is 2.23. The van der Waals surface area contributed by atoms with Crippen molar-refractivity contribution in [1.82, 2.24) is 11.1 Å². The Morgan fingerprint density at radius 3 is 2.22 bits per heavy atom. The third-order valence-corrected chi connectivity index (χ3v) is 1.59. The summed E-state index contributed by atoms with van der Waals surface area (Å²) < 4.78 is -1.51. The SMILES string of the molecule is [NH]C(=O)NC(Cl)(Cl)CCl. The molecule has 1 radical (unpaired) electrons. The Bertz CT molecular complexity index is 116. The van der Waals surface area contributed by atoms with E-state index in [2.05, 4.69) is 0 Å². The van der Waals surface area contributed by atoms with Crippen LogP contribution in [-0.2, 0) is 0 Å². The minimum absolute atomic E-state index is 0.152. The smallest absolute Gasteiger partial charge is 0.304 e. The molecule has 0 aliphatic carbocycles. The summed E-state index contributed by atoms with van der Waals surface area (Å²) in [5.74, 6) is -0.152. The third kappa shape index (κ3) is 4.63. The zero-order valence-electron chi connectivity index (χ0n) is 4.25. The summed E-state index contributed by atoms with van der Waals surface area (Å²) in [5.41, 5.74) is 6.36. The molecule has 0 aliphatic rings. The Balaban J connectivity index is 3.71. The van der Waals surface area contributed by atoms with Crippen molar-refractivity contribution in [2.45, 2.75) is 4.46 Å². The van der Waals surface area contributed by atoms with Crippen LogP contribution in [0.2, 0.25) is 0 Å². The quantitative estimate of drug-likeness (QED) is 0.519. The number of urea groups is 1. The number of nitrogens with one attached hydrogen (secondary N) is 2. The van der Waals surface area contributed by atoms with Gasteiger partial charge in [0, 0.05) is 0 Å². The predicted octanol–water partition coefficient (Wildman–Crippen LogP) is 1.35. The van der Waals surface area contributed by atoms with Crippen LogP contribution in [-0.4, -0.2) is 16.4 Å². The summed E-state index contributed by atoms with van der Waals surface area (Å²) in [6.07, 6.45) is 0. The molecule has 2 N–H and O–H groups in total. The van der Waals surface area contributed by atoms with Crippen LogP contribution in [0.25, 0.3) is 0 Å². The lowest BCUT2D eigenvalue weighted by molar-refractivity contribution is 0.246. The van der Waals surface area contributed by atoms with Gasteiger partial charge in [-0.15, -0.1) is 11.6 Å². The fourth-order valence-corrected chi connectivity index (χ4v) is 0.438. The van der Waals surface area contributed by atoms with E-state index >= 15 is 0 Å². The molecule has 2 amide bonds. The van der Waals surface area contributed by atoms with Crippen molar-refractivity contribution in [2.75, 3.05) is 5.88 Å². The van der Waals surface area contributed by atoms with Gasteiger partial charge in [-0.05, 0) is 0 Å². The monoisotopic (exact) mass is 189 g/mol. The number of amides is 2.